The smallest absolute Gasteiger partial charge is 0.305 e. The first kappa shape index (κ1) is 53.4. The van der Waals surface area contributed by atoms with E-state index < -0.39 is 30.7 Å². The summed E-state index contributed by atoms with van der Waals surface area (Å²) in [7, 11) is 0. The van der Waals surface area contributed by atoms with Gasteiger partial charge in [-0.05, 0) is 149 Å². The van der Waals surface area contributed by atoms with Gasteiger partial charge in [0.15, 0.2) is 6.29 Å². The van der Waals surface area contributed by atoms with Crippen molar-refractivity contribution in [1.82, 2.24) is 0 Å². The van der Waals surface area contributed by atoms with Crippen LogP contribution < -0.4 is 0 Å². The molecule has 0 aromatic heterocycles. The molecular formula is C57H98O7. The van der Waals surface area contributed by atoms with E-state index in [2.05, 4.69) is 78.8 Å². The molecule has 7 nitrogen and oxygen atoms in total. The molecule has 0 spiro atoms. The molecular weight excluding hydrogens is 797 g/mol. The van der Waals surface area contributed by atoms with Crippen molar-refractivity contribution in [3.63, 3.8) is 0 Å². The van der Waals surface area contributed by atoms with E-state index in [1.165, 1.54) is 121 Å². The van der Waals surface area contributed by atoms with Gasteiger partial charge in [-0.25, -0.2) is 0 Å². The molecule has 368 valence electrons. The zero-order chi connectivity index (χ0) is 46.1. The molecule has 64 heavy (non-hydrogen) atoms. The highest BCUT2D eigenvalue weighted by Gasteiger charge is 2.59. The van der Waals surface area contributed by atoms with Crippen molar-refractivity contribution in [2.75, 3.05) is 6.61 Å². The van der Waals surface area contributed by atoms with Crippen LogP contribution in [0.25, 0.3) is 0 Å². The first-order valence-electron chi connectivity index (χ1n) is 27.3. The molecule has 0 aromatic rings. The van der Waals surface area contributed by atoms with Gasteiger partial charge in [-0.15, -0.1) is 0 Å². The van der Waals surface area contributed by atoms with Crippen molar-refractivity contribution in [3.8, 4) is 0 Å². The molecule has 1 saturated heterocycles. The third-order valence-electron chi connectivity index (χ3n) is 18.0. The Morgan fingerprint density at radius 3 is 2.12 bits per heavy atom. The van der Waals surface area contributed by atoms with Gasteiger partial charge in [-0.3, -0.25) is 4.79 Å². The lowest BCUT2D eigenvalue weighted by Gasteiger charge is -2.58. The molecule has 0 radical (unpaired) electrons. The molecule has 3 N–H and O–H groups in total. The van der Waals surface area contributed by atoms with E-state index in [1.807, 2.05) is 0 Å². The highest BCUT2D eigenvalue weighted by atomic mass is 16.7. The summed E-state index contributed by atoms with van der Waals surface area (Å²) in [4.78, 5) is 12.7. The van der Waals surface area contributed by atoms with Crippen LogP contribution in [0.2, 0.25) is 0 Å². The van der Waals surface area contributed by atoms with E-state index in [0.717, 1.165) is 86.9 Å². The molecule has 7 heteroatoms. The van der Waals surface area contributed by atoms with Gasteiger partial charge in [0.2, 0.25) is 0 Å². The van der Waals surface area contributed by atoms with Crippen LogP contribution in [0, 0.1) is 52.3 Å². The maximum absolute atomic E-state index is 12.7. The lowest BCUT2D eigenvalue weighted by Crippen LogP contribution is -2.60. The fourth-order valence-corrected chi connectivity index (χ4v) is 13.8. The van der Waals surface area contributed by atoms with Crippen LogP contribution in [0.5, 0.6) is 0 Å². The summed E-state index contributed by atoms with van der Waals surface area (Å²) in [6.45, 7) is 17.0. The van der Waals surface area contributed by atoms with Crippen LogP contribution in [0.1, 0.15) is 222 Å². The van der Waals surface area contributed by atoms with Crippen LogP contribution in [-0.2, 0) is 19.0 Å². The molecule has 14 atom stereocenters. The maximum Gasteiger partial charge on any atom is 0.305 e. The van der Waals surface area contributed by atoms with Crippen molar-refractivity contribution in [2.24, 2.45) is 52.3 Å². The van der Waals surface area contributed by atoms with Crippen LogP contribution >= 0.6 is 0 Å². The van der Waals surface area contributed by atoms with Gasteiger partial charge in [0.05, 0.1) is 6.10 Å². The van der Waals surface area contributed by atoms with Gasteiger partial charge in [0.1, 0.15) is 31.0 Å². The molecule has 0 amide bonds. The Morgan fingerprint density at radius 1 is 0.781 bits per heavy atom. The quantitative estimate of drug-likeness (QED) is 0.0408. The van der Waals surface area contributed by atoms with Crippen LogP contribution in [0.4, 0.5) is 0 Å². The SMILES string of the molecule is CCCCC/C=C\C/C=C\CCCCCCCCCCCC(=O)OCC1OC(OC2CCC3(C)C(=CCC4C3CCC3(C)C(C(C)CCC(CC)C(C)C)CCC43)C2)C(O)C(O)C1O. The average Bonchev–Trinajstić information content (AvgIpc) is 3.64. The summed E-state index contributed by atoms with van der Waals surface area (Å²) < 4.78 is 18.1. The van der Waals surface area contributed by atoms with Gasteiger partial charge in [-0.1, -0.05) is 155 Å². The third-order valence-corrected chi connectivity index (χ3v) is 18.0. The highest BCUT2D eigenvalue weighted by Crippen LogP contribution is 2.67. The monoisotopic (exact) mass is 895 g/mol. The first-order valence-corrected chi connectivity index (χ1v) is 27.3. The number of hydrogen-bond acceptors (Lipinski definition) is 7. The second kappa shape index (κ2) is 26.9. The summed E-state index contributed by atoms with van der Waals surface area (Å²) in [6.07, 6.45) is 37.0. The van der Waals surface area contributed by atoms with E-state index >= 15 is 0 Å². The maximum atomic E-state index is 12.7. The second-order valence-corrected chi connectivity index (χ2v) is 22.5. The Kier molecular flexibility index (Phi) is 22.4. The lowest BCUT2D eigenvalue weighted by molar-refractivity contribution is -0.313. The Bertz CT molecular complexity index is 1440. The molecule has 14 unspecified atom stereocenters. The topological polar surface area (TPSA) is 105 Å². The molecule has 3 saturated carbocycles. The van der Waals surface area contributed by atoms with Crippen molar-refractivity contribution in [3.05, 3.63) is 36.0 Å². The molecule has 1 heterocycles. The number of allylic oxidation sites excluding steroid dienone is 5. The van der Waals surface area contributed by atoms with Crippen LogP contribution in [0.15, 0.2) is 36.0 Å². The summed E-state index contributed by atoms with van der Waals surface area (Å²) >= 11 is 0. The second-order valence-electron chi connectivity index (χ2n) is 22.5. The number of rotatable bonds is 28. The number of aliphatic hydroxyl groups excluding tert-OH is 3. The number of fused-ring (bicyclic) bond motifs is 5. The normalized spacial score (nSPS) is 35.0. The molecule has 0 bridgehead atoms. The number of esters is 1. The fraction of sp³-hybridized carbons (Fsp3) is 0.877. The van der Waals surface area contributed by atoms with Crippen molar-refractivity contribution >= 4 is 5.97 Å². The number of unbranched alkanes of at least 4 members (excludes halogenated alkanes) is 12. The van der Waals surface area contributed by atoms with Crippen molar-refractivity contribution in [2.45, 2.75) is 259 Å². The van der Waals surface area contributed by atoms with E-state index in [9.17, 15) is 20.1 Å². The Balaban J connectivity index is 0.971. The minimum absolute atomic E-state index is 0.144. The predicted octanol–water partition coefficient (Wildman–Crippen LogP) is 13.8. The summed E-state index contributed by atoms with van der Waals surface area (Å²) in [5.41, 5.74) is 2.12. The third kappa shape index (κ3) is 14.5. The lowest BCUT2D eigenvalue weighted by atomic mass is 9.47. The first-order chi connectivity index (χ1) is 30.8. The van der Waals surface area contributed by atoms with Crippen molar-refractivity contribution < 1.29 is 34.3 Å². The van der Waals surface area contributed by atoms with Gasteiger partial charge >= 0.3 is 5.97 Å². The average molecular weight is 895 g/mol. The number of hydrogen-bond donors (Lipinski definition) is 3. The molecule has 4 aliphatic carbocycles. The van der Waals surface area contributed by atoms with E-state index in [0.29, 0.717) is 17.8 Å². The Morgan fingerprint density at radius 2 is 1.45 bits per heavy atom. The Hall–Kier alpha value is -1.51. The largest absolute Gasteiger partial charge is 0.463 e. The number of carbonyl (C=O) groups is 1. The highest BCUT2D eigenvalue weighted by molar-refractivity contribution is 5.69. The van der Waals surface area contributed by atoms with E-state index in [-0.39, 0.29) is 24.1 Å². The van der Waals surface area contributed by atoms with Gasteiger partial charge in [0.25, 0.3) is 0 Å². The van der Waals surface area contributed by atoms with Gasteiger partial charge in [0, 0.05) is 6.42 Å². The minimum Gasteiger partial charge on any atom is -0.463 e. The molecule has 5 rings (SSSR count). The zero-order valence-electron chi connectivity index (χ0n) is 42.2. The number of aliphatic hydroxyl groups is 3. The summed E-state index contributed by atoms with van der Waals surface area (Å²) in [5, 5.41) is 32.6. The standard InChI is InChI=1S/C57H98O7/c1-8-10-11-12-13-14-15-16-17-18-19-20-21-22-23-24-25-26-27-28-51(58)62-40-50-52(59)53(60)54(61)55(64-50)63-45-35-37-56(6)44(39-45)31-32-46-48-34-33-47(57(48,7)38-36-49(46)56)42(5)29-30-43(9-2)41(3)4/h13-14,16-17,31,41-43,45-50,52-55,59-61H,8-12,15,18-30,32-40H2,1-7H3/b14-13-,17-16-. The fourth-order valence-electron chi connectivity index (χ4n) is 13.8. The van der Waals surface area contributed by atoms with Gasteiger partial charge in [-0.2, -0.15) is 0 Å². The van der Waals surface area contributed by atoms with Crippen molar-refractivity contribution in [1.29, 1.82) is 0 Å². The molecule has 0 aromatic carbocycles. The van der Waals surface area contributed by atoms with E-state index in [1.54, 1.807) is 0 Å². The number of carbonyl (C=O) groups excluding carboxylic acids is 1. The molecule has 1 aliphatic heterocycles. The predicted molar refractivity (Wildman–Crippen MR) is 263 cm³/mol. The summed E-state index contributed by atoms with van der Waals surface area (Å²) in [6, 6.07) is 0. The van der Waals surface area contributed by atoms with Crippen LogP contribution in [0.3, 0.4) is 0 Å². The van der Waals surface area contributed by atoms with E-state index in [4.69, 9.17) is 14.2 Å². The Labute approximate surface area is 392 Å². The number of ether oxygens (including phenoxy) is 3. The molecule has 5 aliphatic rings. The zero-order valence-corrected chi connectivity index (χ0v) is 42.2. The minimum atomic E-state index is -1.45. The van der Waals surface area contributed by atoms with Crippen LogP contribution in [-0.4, -0.2) is 64.7 Å². The van der Waals surface area contributed by atoms with Gasteiger partial charge < -0.3 is 29.5 Å². The summed E-state index contributed by atoms with van der Waals surface area (Å²) in [5.74, 6) is 5.21. The molecule has 4 fully saturated rings.